The molecule has 198 valence electrons. The van der Waals surface area contributed by atoms with Crippen molar-refractivity contribution in [1.29, 1.82) is 0 Å². The predicted molar refractivity (Wildman–Crippen MR) is 150 cm³/mol. The van der Waals surface area contributed by atoms with E-state index in [0.717, 1.165) is 70.1 Å². The molecule has 3 aliphatic rings. The van der Waals surface area contributed by atoms with E-state index in [0.29, 0.717) is 17.9 Å². The van der Waals surface area contributed by atoms with Gasteiger partial charge in [0.2, 0.25) is 5.95 Å². The second kappa shape index (κ2) is 9.15. The first-order chi connectivity index (χ1) is 17.6. The van der Waals surface area contributed by atoms with Crippen molar-refractivity contribution >= 4 is 43.2 Å². The fourth-order valence-corrected chi connectivity index (χ4v) is 7.50. The van der Waals surface area contributed by atoms with Crippen LogP contribution in [0.25, 0.3) is 20.8 Å². The molecule has 3 aliphatic carbocycles. The van der Waals surface area contributed by atoms with Gasteiger partial charge in [-0.2, -0.15) is 4.98 Å². The number of aryl methyl sites for hydroxylation is 1. The van der Waals surface area contributed by atoms with Gasteiger partial charge in [0, 0.05) is 30.5 Å². The lowest BCUT2D eigenvalue weighted by atomic mass is 9.93. The molecule has 0 amide bonds. The molecule has 37 heavy (non-hydrogen) atoms. The van der Waals surface area contributed by atoms with Gasteiger partial charge in [0.25, 0.3) is 0 Å². The predicted octanol–water partition coefficient (Wildman–Crippen LogP) is 5.70. The molecule has 10 heteroatoms. The minimum absolute atomic E-state index is 0.105. The zero-order valence-corrected chi connectivity index (χ0v) is 23.7. The highest BCUT2D eigenvalue weighted by atomic mass is 32.2. The van der Waals surface area contributed by atoms with Crippen LogP contribution < -0.4 is 10.6 Å². The van der Waals surface area contributed by atoms with Crippen molar-refractivity contribution < 1.29 is 8.42 Å². The number of nitrogens with one attached hydrogen (secondary N) is 2. The SMILES string of the molecule is Cc1nc(NC2CCC2)nc(NC2CCC(C(C)(C)S(C)(=O)=O)C2)c1-c1nc2c(C3CC3)nccc2s1. The molecule has 0 radical (unpaired) electrons. The third kappa shape index (κ3) is 4.71. The zero-order valence-electron chi connectivity index (χ0n) is 22.0. The number of fused-ring (bicyclic) bond motifs is 1. The van der Waals surface area contributed by atoms with Crippen molar-refractivity contribution in [3.8, 4) is 10.6 Å². The van der Waals surface area contributed by atoms with Crippen LogP contribution >= 0.6 is 11.3 Å². The molecule has 0 bridgehead atoms. The summed E-state index contributed by atoms with van der Waals surface area (Å²) in [5.74, 6) is 2.07. The van der Waals surface area contributed by atoms with Gasteiger partial charge in [0.05, 0.1) is 26.4 Å². The maximum absolute atomic E-state index is 12.5. The van der Waals surface area contributed by atoms with Gasteiger partial charge in [-0.15, -0.1) is 11.3 Å². The number of hydrogen-bond acceptors (Lipinski definition) is 9. The van der Waals surface area contributed by atoms with Crippen molar-refractivity contribution in [2.45, 2.75) is 94.9 Å². The average Bonchev–Trinajstić information content (AvgIpc) is 3.37. The quantitative estimate of drug-likeness (QED) is 0.374. The summed E-state index contributed by atoms with van der Waals surface area (Å²) in [5.41, 5.74) is 3.94. The summed E-state index contributed by atoms with van der Waals surface area (Å²) in [6.07, 6.45) is 11.7. The number of hydrogen-bond donors (Lipinski definition) is 2. The number of rotatable bonds is 8. The Labute approximate surface area is 223 Å². The van der Waals surface area contributed by atoms with E-state index in [2.05, 4.69) is 15.6 Å². The van der Waals surface area contributed by atoms with Crippen LogP contribution in [0.15, 0.2) is 12.3 Å². The Bertz CT molecular complexity index is 1440. The highest BCUT2D eigenvalue weighted by molar-refractivity contribution is 7.92. The highest BCUT2D eigenvalue weighted by Gasteiger charge is 2.43. The molecule has 2 atom stereocenters. The molecule has 8 nitrogen and oxygen atoms in total. The molecule has 2 N–H and O–H groups in total. The fraction of sp³-hybridized carbons (Fsp3) is 0.630. The smallest absolute Gasteiger partial charge is 0.225 e. The van der Waals surface area contributed by atoms with E-state index in [9.17, 15) is 8.42 Å². The third-order valence-electron chi connectivity index (χ3n) is 8.75. The normalized spacial score (nSPS) is 22.8. The maximum atomic E-state index is 12.5. The zero-order chi connectivity index (χ0) is 25.9. The van der Waals surface area contributed by atoms with Gasteiger partial charge in [-0.25, -0.2) is 18.4 Å². The van der Waals surface area contributed by atoms with Gasteiger partial charge in [-0.05, 0) is 84.1 Å². The van der Waals surface area contributed by atoms with Crippen LogP contribution in [0.4, 0.5) is 11.8 Å². The van der Waals surface area contributed by atoms with Crippen LogP contribution in [0, 0.1) is 12.8 Å². The monoisotopic (exact) mass is 540 g/mol. The lowest BCUT2D eigenvalue weighted by Crippen LogP contribution is -2.38. The summed E-state index contributed by atoms with van der Waals surface area (Å²) in [7, 11) is -3.16. The largest absolute Gasteiger partial charge is 0.367 e. The van der Waals surface area contributed by atoms with E-state index >= 15 is 0 Å². The van der Waals surface area contributed by atoms with Crippen LogP contribution in [-0.4, -0.2) is 51.4 Å². The van der Waals surface area contributed by atoms with Crippen LogP contribution in [-0.2, 0) is 9.84 Å². The number of sulfone groups is 1. The maximum Gasteiger partial charge on any atom is 0.225 e. The Kier molecular flexibility index (Phi) is 6.18. The van der Waals surface area contributed by atoms with Crippen molar-refractivity contribution in [3.05, 3.63) is 23.7 Å². The molecule has 0 spiro atoms. The van der Waals surface area contributed by atoms with Crippen LogP contribution in [0.3, 0.4) is 0 Å². The Balaban J connectivity index is 1.35. The van der Waals surface area contributed by atoms with E-state index in [1.165, 1.54) is 25.5 Å². The molecule has 3 saturated carbocycles. The second-order valence-electron chi connectivity index (χ2n) is 11.7. The van der Waals surface area contributed by atoms with E-state index < -0.39 is 14.6 Å². The number of anilines is 2. The second-order valence-corrected chi connectivity index (χ2v) is 15.3. The molecular weight excluding hydrogens is 504 g/mol. The van der Waals surface area contributed by atoms with Crippen molar-refractivity contribution in [2.24, 2.45) is 5.92 Å². The first-order valence-corrected chi connectivity index (χ1v) is 16.2. The van der Waals surface area contributed by atoms with Crippen LogP contribution in [0.5, 0.6) is 0 Å². The number of nitrogens with zero attached hydrogens (tertiary/aromatic N) is 4. The van der Waals surface area contributed by atoms with E-state index in [4.69, 9.17) is 15.0 Å². The van der Waals surface area contributed by atoms with E-state index in [1.807, 2.05) is 33.0 Å². The summed E-state index contributed by atoms with van der Waals surface area (Å²) in [6.45, 7) is 5.76. The van der Waals surface area contributed by atoms with Gasteiger partial charge in [-0.1, -0.05) is 0 Å². The van der Waals surface area contributed by atoms with Crippen LogP contribution in [0.1, 0.15) is 82.5 Å². The van der Waals surface area contributed by atoms with E-state index in [1.54, 1.807) is 11.3 Å². The summed E-state index contributed by atoms with van der Waals surface area (Å²) in [5, 5.41) is 8.13. The number of thiazole rings is 1. The van der Waals surface area contributed by atoms with E-state index in [-0.39, 0.29) is 12.0 Å². The summed E-state index contributed by atoms with van der Waals surface area (Å²) >= 11 is 1.67. The van der Waals surface area contributed by atoms with Crippen molar-refractivity contribution in [1.82, 2.24) is 19.9 Å². The molecule has 2 unspecified atom stereocenters. The average molecular weight is 541 g/mol. The highest BCUT2D eigenvalue weighted by Crippen LogP contribution is 2.45. The van der Waals surface area contributed by atoms with Gasteiger partial charge < -0.3 is 10.6 Å². The summed E-state index contributed by atoms with van der Waals surface area (Å²) < 4.78 is 25.3. The van der Waals surface area contributed by atoms with Gasteiger partial charge >= 0.3 is 0 Å². The minimum atomic E-state index is -3.16. The van der Waals surface area contributed by atoms with Gasteiger partial charge in [0.1, 0.15) is 16.3 Å². The van der Waals surface area contributed by atoms with Gasteiger partial charge in [0.15, 0.2) is 9.84 Å². The summed E-state index contributed by atoms with van der Waals surface area (Å²) in [4.78, 5) is 19.6. The Morgan fingerprint density at radius 1 is 1.00 bits per heavy atom. The summed E-state index contributed by atoms with van der Waals surface area (Å²) in [6, 6.07) is 2.63. The third-order valence-corrected chi connectivity index (χ3v) is 12.0. The topological polar surface area (TPSA) is 110 Å². The lowest BCUT2D eigenvalue weighted by Gasteiger charge is -2.30. The Hall–Kier alpha value is -2.33. The molecular formula is C27H36N6O2S2. The Morgan fingerprint density at radius 2 is 1.78 bits per heavy atom. The first-order valence-electron chi connectivity index (χ1n) is 13.5. The molecule has 3 aromatic heterocycles. The fourth-order valence-electron chi connectivity index (χ4n) is 5.61. The van der Waals surface area contributed by atoms with Gasteiger partial charge in [-0.3, -0.25) is 4.98 Å². The standard InChI is InChI=1S/C27H36N6O2S2/c1-15-21(25-32-23-20(36-25)12-13-28-22(23)16-8-9-16)24(33-26(29-15)31-18-6-5-7-18)30-19-11-10-17(14-19)27(2,3)37(4,34)35/h12-13,16-19H,5-11,14H2,1-4H3,(H2,29,30,31,33). The molecule has 0 aromatic carbocycles. The van der Waals surface area contributed by atoms with Crippen molar-refractivity contribution in [3.63, 3.8) is 0 Å². The minimum Gasteiger partial charge on any atom is -0.367 e. The molecule has 3 fully saturated rings. The van der Waals surface area contributed by atoms with Crippen molar-refractivity contribution in [2.75, 3.05) is 16.9 Å². The molecule has 0 saturated heterocycles. The molecule has 6 rings (SSSR count). The molecule has 0 aliphatic heterocycles. The molecule has 3 aromatic rings. The Morgan fingerprint density at radius 3 is 2.46 bits per heavy atom. The first kappa shape index (κ1) is 25.0. The molecule has 3 heterocycles. The number of pyridine rings is 1. The number of aromatic nitrogens is 4. The lowest BCUT2D eigenvalue weighted by molar-refractivity contribution is 0.404. The van der Waals surface area contributed by atoms with Crippen LogP contribution in [0.2, 0.25) is 0 Å².